The molecule has 5 rings (SSSR count). The first-order chi connectivity index (χ1) is 9.35. The summed E-state index contributed by atoms with van der Waals surface area (Å²) in [6.45, 7) is 3.76. The number of piperidine rings is 3. The molecule has 5 aliphatic heterocycles. The van der Waals surface area contributed by atoms with E-state index in [4.69, 9.17) is 0 Å². The van der Waals surface area contributed by atoms with Crippen molar-refractivity contribution in [3.05, 3.63) is 34.5 Å². The molecule has 0 amide bonds. The standard InChI is InChI=1S/C15H18N2OS/c18-9-12-10-19-15-8-17(6-3-13(12)15)14-7-16-4-1-11(14)2-5-16/h3,6,8-9,11,14H,1-2,4-5,7,10H2/t14-/m0/s1. The summed E-state index contributed by atoms with van der Waals surface area (Å²) in [4.78, 5) is 17.3. The zero-order valence-corrected chi connectivity index (χ0v) is 11.7. The van der Waals surface area contributed by atoms with Gasteiger partial charge in [-0.1, -0.05) is 0 Å². The van der Waals surface area contributed by atoms with E-state index in [9.17, 15) is 4.79 Å². The number of thioether (sulfide) groups is 1. The second kappa shape index (κ2) is 4.53. The molecule has 0 aromatic heterocycles. The van der Waals surface area contributed by atoms with Crippen molar-refractivity contribution in [2.75, 3.05) is 25.4 Å². The topological polar surface area (TPSA) is 23.6 Å². The lowest BCUT2D eigenvalue weighted by atomic mass is 9.83. The number of carbonyl (C=O) groups excluding carboxylic acids is 1. The highest BCUT2D eigenvalue weighted by Gasteiger charge is 2.37. The molecule has 0 N–H and O–H groups in total. The molecule has 0 aliphatic carbocycles. The van der Waals surface area contributed by atoms with E-state index in [0.717, 1.165) is 29.1 Å². The molecular weight excluding hydrogens is 256 g/mol. The summed E-state index contributed by atoms with van der Waals surface area (Å²) in [6, 6.07) is 0.633. The summed E-state index contributed by atoms with van der Waals surface area (Å²) in [7, 11) is 0. The third-order valence-corrected chi connectivity index (χ3v) is 5.91. The quantitative estimate of drug-likeness (QED) is 0.719. The monoisotopic (exact) mass is 274 g/mol. The van der Waals surface area contributed by atoms with Gasteiger partial charge < -0.3 is 9.80 Å². The average Bonchev–Trinajstić information content (AvgIpc) is 2.90. The molecule has 5 heterocycles. The third-order valence-electron chi connectivity index (χ3n) is 4.82. The van der Waals surface area contributed by atoms with Gasteiger partial charge in [0, 0.05) is 41.2 Å². The van der Waals surface area contributed by atoms with E-state index in [1.807, 2.05) is 0 Å². The van der Waals surface area contributed by atoms with Crippen LogP contribution in [0.15, 0.2) is 34.5 Å². The number of hydrogen-bond donors (Lipinski definition) is 0. The molecule has 0 spiro atoms. The summed E-state index contributed by atoms with van der Waals surface area (Å²) in [5.74, 6) is 1.68. The molecule has 3 nitrogen and oxygen atoms in total. The van der Waals surface area contributed by atoms with Crippen LogP contribution in [0, 0.1) is 5.92 Å². The fourth-order valence-corrected chi connectivity index (χ4v) is 4.77. The van der Waals surface area contributed by atoms with Crippen molar-refractivity contribution in [2.24, 2.45) is 5.92 Å². The van der Waals surface area contributed by atoms with Crippen LogP contribution in [0.2, 0.25) is 0 Å². The number of carbonyl (C=O) groups is 1. The average molecular weight is 274 g/mol. The summed E-state index contributed by atoms with van der Waals surface area (Å²) < 4.78 is 0. The molecule has 4 heteroatoms. The van der Waals surface area contributed by atoms with Gasteiger partial charge in [0.05, 0.1) is 0 Å². The number of rotatable bonds is 2. The Labute approximate surface area is 118 Å². The van der Waals surface area contributed by atoms with E-state index in [2.05, 4.69) is 28.3 Å². The van der Waals surface area contributed by atoms with E-state index in [0.29, 0.717) is 6.04 Å². The van der Waals surface area contributed by atoms with Crippen molar-refractivity contribution in [2.45, 2.75) is 18.9 Å². The first-order valence-corrected chi connectivity index (χ1v) is 8.05. The molecule has 0 unspecified atom stereocenters. The number of allylic oxidation sites excluding steroid dienone is 2. The second-order valence-corrected chi connectivity index (χ2v) is 6.82. The molecule has 5 aliphatic rings. The van der Waals surface area contributed by atoms with Gasteiger partial charge in [0.25, 0.3) is 0 Å². The first kappa shape index (κ1) is 11.8. The molecular formula is C15H18N2OS. The van der Waals surface area contributed by atoms with Crippen molar-refractivity contribution in [1.29, 1.82) is 0 Å². The van der Waals surface area contributed by atoms with Crippen molar-refractivity contribution < 1.29 is 4.79 Å². The zero-order chi connectivity index (χ0) is 12.8. The summed E-state index contributed by atoms with van der Waals surface area (Å²) in [6.07, 6.45) is 10.3. The predicted octanol–water partition coefficient (Wildman–Crippen LogP) is 1.99. The zero-order valence-electron chi connectivity index (χ0n) is 10.9. The minimum atomic E-state index is 0.633. The Morgan fingerprint density at radius 1 is 1.32 bits per heavy atom. The van der Waals surface area contributed by atoms with Crippen molar-refractivity contribution in [3.8, 4) is 0 Å². The lowest BCUT2D eigenvalue weighted by molar-refractivity contribution is -0.104. The Morgan fingerprint density at radius 3 is 2.84 bits per heavy atom. The van der Waals surface area contributed by atoms with Crippen molar-refractivity contribution >= 4 is 18.0 Å². The molecule has 0 saturated carbocycles. The van der Waals surface area contributed by atoms with Gasteiger partial charge in [-0.05, 0) is 43.5 Å². The van der Waals surface area contributed by atoms with Gasteiger partial charge in [0.15, 0.2) is 0 Å². The summed E-state index contributed by atoms with van der Waals surface area (Å²) >= 11 is 1.80. The first-order valence-electron chi connectivity index (χ1n) is 7.06. The van der Waals surface area contributed by atoms with Crippen LogP contribution >= 0.6 is 11.8 Å². The molecule has 0 radical (unpaired) electrons. The molecule has 0 aromatic carbocycles. The Kier molecular flexibility index (Phi) is 2.81. The Morgan fingerprint density at radius 2 is 2.16 bits per heavy atom. The highest BCUT2D eigenvalue weighted by molar-refractivity contribution is 8.03. The predicted molar refractivity (Wildman–Crippen MR) is 77.6 cm³/mol. The highest BCUT2D eigenvalue weighted by atomic mass is 32.2. The van der Waals surface area contributed by atoms with E-state index >= 15 is 0 Å². The number of hydrogen-bond acceptors (Lipinski definition) is 4. The SMILES string of the molecule is O=CC1=C2C=CN([C@H]3CN4CCC3CC4)C=C2SC1. The van der Waals surface area contributed by atoms with Crippen molar-refractivity contribution in [3.63, 3.8) is 0 Å². The Hall–Kier alpha value is -1.00. The molecule has 19 heavy (non-hydrogen) atoms. The van der Waals surface area contributed by atoms with Crippen LogP contribution in [-0.4, -0.2) is 47.5 Å². The maximum atomic E-state index is 11.0. The summed E-state index contributed by atoms with van der Waals surface area (Å²) in [5, 5.41) is 0. The van der Waals surface area contributed by atoms with Gasteiger partial charge in [0.1, 0.15) is 6.29 Å². The van der Waals surface area contributed by atoms with Crippen LogP contribution in [0.3, 0.4) is 0 Å². The van der Waals surface area contributed by atoms with Gasteiger partial charge in [0.2, 0.25) is 0 Å². The fourth-order valence-electron chi connectivity index (χ4n) is 3.68. The van der Waals surface area contributed by atoms with E-state index in [-0.39, 0.29) is 0 Å². The number of fused-ring (bicyclic) bond motifs is 4. The minimum Gasteiger partial charge on any atom is -0.349 e. The molecule has 0 aromatic rings. The van der Waals surface area contributed by atoms with Gasteiger partial charge in [-0.15, -0.1) is 11.8 Å². The van der Waals surface area contributed by atoms with Gasteiger partial charge in [-0.2, -0.15) is 0 Å². The van der Waals surface area contributed by atoms with Crippen molar-refractivity contribution in [1.82, 2.24) is 9.80 Å². The Bertz CT molecular complexity index is 500. The van der Waals surface area contributed by atoms with Gasteiger partial charge in [-0.25, -0.2) is 0 Å². The lowest BCUT2D eigenvalue weighted by Crippen LogP contribution is -2.55. The third kappa shape index (κ3) is 1.89. The lowest BCUT2D eigenvalue weighted by Gasteiger charge is -2.48. The van der Waals surface area contributed by atoms with Crippen LogP contribution in [0.25, 0.3) is 0 Å². The summed E-state index contributed by atoms with van der Waals surface area (Å²) in [5.41, 5.74) is 2.10. The number of nitrogens with zero attached hydrogens (tertiary/aromatic N) is 2. The Balaban J connectivity index is 1.59. The molecule has 2 bridgehead atoms. The molecule has 3 saturated heterocycles. The molecule has 1 atom stereocenters. The normalized spacial score (nSPS) is 36.5. The molecule has 100 valence electrons. The molecule has 3 fully saturated rings. The second-order valence-electron chi connectivity index (χ2n) is 5.81. The maximum absolute atomic E-state index is 11.0. The van der Waals surface area contributed by atoms with Crippen LogP contribution < -0.4 is 0 Å². The highest BCUT2D eigenvalue weighted by Crippen LogP contribution is 2.40. The largest absolute Gasteiger partial charge is 0.349 e. The van der Waals surface area contributed by atoms with Gasteiger partial charge in [-0.3, -0.25) is 4.79 Å². The fraction of sp³-hybridized carbons (Fsp3) is 0.533. The maximum Gasteiger partial charge on any atom is 0.147 e. The number of aldehydes is 1. The van der Waals surface area contributed by atoms with E-state index in [1.165, 1.54) is 37.4 Å². The van der Waals surface area contributed by atoms with Crippen LogP contribution in [0.1, 0.15) is 12.8 Å². The van der Waals surface area contributed by atoms with E-state index < -0.39 is 0 Å². The van der Waals surface area contributed by atoms with Crippen LogP contribution in [0.5, 0.6) is 0 Å². The van der Waals surface area contributed by atoms with Crippen LogP contribution in [0.4, 0.5) is 0 Å². The minimum absolute atomic E-state index is 0.633. The van der Waals surface area contributed by atoms with Crippen LogP contribution in [-0.2, 0) is 4.79 Å². The van der Waals surface area contributed by atoms with E-state index in [1.54, 1.807) is 11.8 Å². The van der Waals surface area contributed by atoms with Gasteiger partial charge >= 0.3 is 0 Å². The smallest absolute Gasteiger partial charge is 0.147 e.